The van der Waals surface area contributed by atoms with E-state index in [1.54, 1.807) is 0 Å². The molecule has 1 aromatic heterocycles. The van der Waals surface area contributed by atoms with Gasteiger partial charge in [0.1, 0.15) is 0 Å². The van der Waals surface area contributed by atoms with Crippen molar-refractivity contribution < 1.29 is 0 Å². The zero-order valence-electron chi connectivity index (χ0n) is 8.15. The van der Waals surface area contributed by atoms with Crippen molar-refractivity contribution in [1.82, 2.24) is 9.78 Å². The number of aromatic nitrogens is 2. The first-order valence-electron chi connectivity index (χ1n) is 5.08. The monoisotopic (exact) mass is 209 g/mol. The van der Waals surface area contributed by atoms with Crippen molar-refractivity contribution >= 4 is 17.2 Å². The molecule has 1 heterocycles. The summed E-state index contributed by atoms with van der Waals surface area (Å²) in [6, 6.07) is 2.62. The minimum absolute atomic E-state index is 0.515. The lowest BCUT2D eigenvalue weighted by Crippen LogP contribution is -2.12. The van der Waals surface area contributed by atoms with Gasteiger partial charge in [-0.25, -0.2) is 0 Å². The predicted molar refractivity (Wildman–Crippen MR) is 60.2 cm³/mol. The summed E-state index contributed by atoms with van der Waals surface area (Å²) in [7, 11) is 0. The van der Waals surface area contributed by atoms with Gasteiger partial charge in [-0.05, 0) is 18.9 Å². The van der Waals surface area contributed by atoms with Crippen molar-refractivity contribution in [1.29, 1.82) is 0 Å². The first kappa shape index (κ1) is 9.65. The van der Waals surface area contributed by atoms with E-state index < -0.39 is 0 Å². The first-order valence-corrected chi connectivity index (χ1v) is 5.49. The molecule has 2 rings (SSSR count). The van der Waals surface area contributed by atoms with Gasteiger partial charge in [0.25, 0.3) is 0 Å². The van der Waals surface area contributed by atoms with E-state index in [1.165, 1.54) is 25.7 Å². The highest BCUT2D eigenvalue weighted by Gasteiger charge is 2.17. The molecule has 2 N–H and O–H groups in total. The standard InChI is InChI=1S/C10H15N3S/c11-10(14)7-8-5-6-13(12-8)9-3-1-2-4-9/h5-6,9H,1-4,7H2,(H2,11,14). The van der Waals surface area contributed by atoms with Crippen LogP contribution in [0, 0.1) is 0 Å². The van der Waals surface area contributed by atoms with Gasteiger partial charge in [0.15, 0.2) is 0 Å². The maximum atomic E-state index is 5.47. The number of nitrogens with zero attached hydrogens (tertiary/aromatic N) is 2. The van der Waals surface area contributed by atoms with E-state index >= 15 is 0 Å². The third-order valence-electron chi connectivity index (χ3n) is 2.72. The van der Waals surface area contributed by atoms with Crippen LogP contribution in [0.3, 0.4) is 0 Å². The molecule has 0 amide bonds. The fraction of sp³-hybridized carbons (Fsp3) is 0.600. The average Bonchev–Trinajstić information content (AvgIpc) is 2.69. The normalized spacial score (nSPS) is 17.4. The molecule has 0 aliphatic heterocycles. The zero-order valence-corrected chi connectivity index (χ0v) is 8.96. The summed E-state index contributed by atoms with van der Waals surface area (Å²) in [5.74, 6) is 0. The molecular weight excluding hydrogens is 194 g/mol. The Balaban J connectivity index is 2.05. The van der Waals surface area contributed by atoms with Crippen LogP contribution < -0.4 is 5.73 Å². The summed E-state index contributed by atoms with van der Waals surface area (Å²) < 4.78 is 2.07. The van der Waals surface area contributed by atoms with Gasteiger partial charge in [0, 0.05) is 12.6 Å². The van der Waals surface area contributed by atoms with Crippen LogP contribution in [0.1, 0.15) is 37.4 Å². The van der Waals surface area contributed by atoms with Crippen molar-refractivity contribution in [3.05, 3.63) is 18.0 Å². The predicted octanol–water partition coefficient (Wildman–Crippen LogP) is 1.83. The smallest absolute Gasteiger partial charge is 0.0788 e. The van der Waals surface area contributed by atoms with Crippen LogP contribution in [0.15, 0.2) is 12.3 Å². The van der Waals surface area contributed by atoms with E-state index in [2.05, 4.69) is 9.78 Å². The van der Waals surface area contributed by atoms with Gasteiger partial charge >= 0.3 is 0 Å². The lowest BCUT2D eigenvalue weighted by Gasteiger charge is -2.08. The summed E-state index contributed by atoms with van der Waals surface area (Å²) in [5, 5.41) is 4.48. The van der Waals surface area contributed by atoms with Gasteiger partial charge in [-0.1, -0.05) is 25.1 Å². The molecule has 0 aromatic carbocycles. The van der Waals surface area contributed by atoms with Gasteiger partial charge in [0.2, 0.25) is 0 Å². The second-order valence-electron chi connectivity index (χ2n) is 3.87. The van der Waals surface area contributed by atoms with Crippen molar-refractivity contribution in [2.75, 3.05) is 0 Å². The van der Waals surface area contributed by atoms with E-state index in [0.717, 1.165) is 5.69 Å². The number of thiocarbonyl (C=S) groups is 1. The van der Waals surface area contributed by atoms with Crippen LogP contribution in [-0.2, 0) is 6.42 Å². The number of nitrogens with two attached hydrogens (primary N) is 1. The van der Waals surface area contributed by atoms with Crippen LogP contribution >= 0.6 is 12.2 Å². The Labute approximate surface area is 89.3 Å². The van der Waals surface area contributed by atoms with Crippen molar-refractivity contribution in [3.63, 3.8) is 0 Å². The maximum absolute atomic E-state index is 5.47. The first-order chi connectivity index (χ1) is 6.75. The Hall–Kier alpha value is -0.900. The molecule has 0 bridgehead atoms. The number of hydrogen-bond donors (Lipinski definition) is 1. The Bertz CT molecular complexity index is 326. The van der Waals surface area contributed by atoms with Crippen LogP contribution in [0.25, 0.3) is 0 Å². The van der Waals surface area contributed by atoms with Gasteiger partial charge in [0.05, 0.1) is 16.7 Å². The molecule has 1 aromatic rings. The molecule has 0 unspecified atom stereocenters. The highest BCUT2D eigenvalue weighted by molar-refractivity contribution is 7.80. The zero-order chi connectivity index (χ0) is 9.97. The lowest BCUT2D eigenvalue weighted by molar-refractivity contribution is 0.464. The van der Waals surface area contributed by atoms with Gasteiger partial charge in [-0.15, -0.1) is 0 Å². The minimum Gasteiger partial charge on any atom is -0.393 e. The summed E-state index contributed by atoms with van der Waals surface area (Å²) >= 11 is 4.85. The topological polar surface area (TPSA) is 43.8 Å². The molecule has 1 aliphatic carbocycles. The molecule has 0 spiro atoms. The van der Waals surface area contributed by atoms with Crippen molar-refractivity contribution in [2.45, 2.75) is 38.1 Å². The largest absolute Gasteiger partial charge is 0.393 e. The third-order valence-corrected chi connectivity index (χ3v) is 2.86. The maximum Gasteiger partial charge on any atom is 0.0788 e. The minimum atomic E-state index is 0.515. The van der Waals surface area contributed by atoms with Crippen LogP contribution in [0.4, 0.5) is 0 Å². The second-order valence-corrected chi connectivity index (χ2v) is 4.39. The summed E-state index contributed by atoms with van der Waals surface area (Å²) in [4.78, 5) is 0.515. The quantitative estimate of drug-likeness (QED) is 0.772. The molecule has 14 heavy (non-hydrogen) atoms. The Morgan fingerprint density at radius 2 is 2.29 bits per heavy atom. The van der Waals surface area contributed by atoms with E-state index in [-0.39, 0.29) is 0 Å². The fourth-order valence-corrected chi connectivity index (χ4v) is 2.17. The molecule has 3 nitrogen and oxygen atoms in total. The van der Waals surface area contributed by atoms with E-state index in [4.69, 9.17) is 18.0 Å². The van der Waals surface area contributed by atoms with Gasteiger partial charge < -0.3 is 5.73 Å². The Morgan fingerprint density at radius 3 is 2.93 bits per heavy atom. The van der Waals surface area contributed by atoms with Crippen LogP contribution in [0.5, 0.6) is 0 Å². The lowest BCUT2D eigenvalue weighted by atomic mass is 10.3. The molecule has 76 valence electrons. The third kappa shape index (κ3) is 2.12. The van der Waals surface area contributed by atoms with E-state index in [1.807, 2.05) is 12.3 Å². The fourth-order valence-electron chi connectivity index (χ4n) is 2.02. The highest BCUT2D eigenvalue weighted by Crippen LogP contribution is 2.28. The molecule has 0 radical (unpaired) electrons. The molecule has 1 fully saturated rings. The molecule has 0 atom stereocenters. The van der Waals surface area contributed by atoms with Gasteiger partial charge in [-0.2, -0.15) is 5.10 Å². The Kier molecular flexibility index (Phi) is 2.82. The Morgan fingerprint density at radius 1 is 1.57 bits per heavy atom. The summed E-state index contributed by atoms with van der Waals surface area (Å²) in [5.41, 5.74) is 6.46. The average molecular weight is 209 g/mol. The highest BCUT2D eigenvalue weighted by atomic mass is 32.1. The van der Waals surface area contributed by atoms with Gasteiger partial charge in [-0.3, -0.25) is 4.68 Å². The summed E-state index contributed by atoms with van der Waals surface area (Å²) in [6.45, 7) is 0. The molecule has 1 saturated carbocycles. The van der Waals surface area contributed by atoms with Crippen molar-refractivity contribution in [2.24, 2.45) is 5.73 Å². The molecular formula is C10H15N3S. The number of hydrogen-bond acceptors (Lipinski definition) is 2. The van der Waals surface area contributed by atoms with Crippen LogP contribution in [-0.4, -0.2) is 14.8 Å². The van der Waals surface area contributed by atoms with E-state index in [9.17, 15) is 0 Å². The van der Waals surface area contributed by atoms with E-state index in [0.29, 0.717) is 17.5 Å². The van der Waals surface area contributed by atoms with Crippen LogP contribution in [0.2, 0.25) is 0 Å². The number of rotatable bonds is 3. The second kappa shape index (κ2) is 4.09. The SMILES string of the molecule is NC(=S)Cc1ccn(C2CCCC2)n1. The summed E-state index contributed by atoms with van der Waals surface area (Å²) in [6.07, 6.45) is 7.84. The molecule has 0 saturated heterocycles. The molecule has 4 heteroatoms. The van der Waals surface area contributed by atoms with Crippen molar-refractivity contribution in [3.8, 4) is 0 Å². The molecule has 1 aliphatic rings.